The van der Waals surface area contributed by atoms with Crippen LogP contribution in [-0.4, -0.2) is 61.1 Å². The van der Waals surface area contributed by atoms with Crippen molar-refractivity contribution in [3.63, 3.8) is 0 Å². The Hall–Kier alpha value is -2.28. The van der Waals surface area contributed by atoms with E-state index in [0.29, 0.717) is 17.7 Å². The van der Waals surface area contributed by atoms with Gasteiger partial charge in [-0.2, -0.15) is 5.10 Å². The molecule has 0 aliphatic carbocycles. The lowest BCUT2D eigenvalue weighted by molar-refractivity contribution is 0.0729. The molecule has 1 amide bonds. The van der Waals surface area contributed by atoms with E-state index in [9.17, 15) is 4.79 Å². The zero-order valence-electron chi connectivity index (χ0n) is 16.4. The number of carbonyl (C=O) groups excluding carboxylic acids is 1. The summed E-state index contributed by atoms with van der Waals surface area (Å²) in [5, 5.41) is 4.67. The highest BCUT2D eigenvalue weighted by Gasteiger charge is 2.37. The standard InChI is InChI=1S/C20H28N6O/c1-4-26-15(3)18(14(2)23-26)13-24-10-16-5-6-17(24)12-25(11-16)20(27)19-9-21-7-8-22-19/h7-9,16-17H,4-6,10-13H2,1-3H3. The van der Waals surface area contributed by atoms with E-state index in [2.05, 4.69) is 45.4 Å². The Labute approximate surface area is 160 Å². The number of aromatic nitrogens is 4. The molecule has 5 heterocycles. The van der Waals surface area contributed by atoms with E-state index in [-0.39, 0.29) is 5.91 Å². The van der Waals surface area contributed by atoms with Crippen molar-refractivity contribution < 1.29 is 4.79 Å². The highest BCUT2D eigenvalue weighted by molar-refractivity contribution is 5.92. The van der Waals surface area contributed by atoms with Crippen LogP contribution in [0.4, 0.5) is 0 Å². The van der Waals surface area contributed by atoms with Crippen LogP contribution in [0.2, 0.25) is 0 Å². The second-order valence-electron chi connectivity index (χ2n) is 7.79. The summed E-state index contributed by atoms with van der Waals surface area (Å²) >= 11 is 0. The van der Waals surface area contributed by atoms with E-state index >= 15 is 0 Å². The van der Waals surface area contributed by atoms with Crippen LogP contribution in [0.25, 0.3) is 0 Å². The van der Waals surface area contributed by atoms with E-state index in [1.54, 1.807) is 18.6 Å². The first-order valence-electron chi connectivity index (χ1n) is 9.89. The van der Waals surface area contributed by atoms with Gasteiger partial charge in [-0.15, -0.1) is 0 Å². The Morgan fingerprint density at radius 2 is 2.04 bits per heavy atom. The fourth-order valence-corrected chi connectivity index (χ4v) is 4.58. The molecular formula is C20H28N6O. The fraction of sp³-hybridized carbons (Fsp3) is 0.600. The summed E-state index contributed by atoms with van der Waals surface area (Å²) in [6.45, 7) is 10.9. The Balaban J connectivity index is 1.52. The Morgan fingerprint density at radius 3 is 2.74 bits per heavy atom. The van der Waals surface area contributed by atoms with Gasteiger partial charge in [0, 0.05) is 62.4 Å². The SMILES string of the molecule is CCn1nc(C)c(CN2CC3CCC2CN(C(=O)c2cnccn2)C3)c1C. The van der Waals surface area contributed by atoms with Crippen molar-refractivity contribution in [1.82, 2.24) is 29.5 Å². The number of hydrogen-bond acceptors (Lipinski definition) is 5. The number of piperidine rings is 1. The quantitative estimate of drug-likeness (QED) is 0.826. The Bertz CT molecular complexity index is 817. The largest absolute Gasteiger partial charge is 0.335 e. The first kappa shape index (κ1) is 18.1. The lowest BCUT2D eigenvalue weighted by atomic mass is 9.94. The first-order chi connectivity index (χ1) is 13.1. The minimum atomic E-state index is 0.00742. The Kier molecular flexibility index (Phi) is 4.95. The van der Waals surface area contributed by atoms with E-state index in [1.165, 1.54) is 17.7 Å². The normalized spacial score (nSPS) is 22.9. The number of fused-ring (bicyclic) bond motifs is 4. The van der Waals surface area contributed by atoms with Crippen molar-refractivity contribution in [3.05, 3.63) is 41.2 Å². The summed E-state index contributed by atoms with van der Waals surface area (Å²) < 4.78 is 2.09. The van der Waals surface area contributed by atoms with Gasteiger partial charge in [-0.25, -0.2) is 4.98 Å². The first-order valence-corrected chi connectivity index (χ1v) is 9.89. The van der Waals surface area contributed by atoms with Crippen LogP contribution < -0.4 is 0 Å². The maximum Gasteiger partial charge on any atom is 0.274 e. The molecule has 0 spiro atoms. The molecule has 3 saturated heterocycles. The number of aryl methyl sites for hydroxylation is 2. The van der Waals surface area contributed by atoms with Gasteiger partial charge in [0.15, 0.2) is 0 Å². The van der Waals surface area contributed by atoms with Gasteiger partial charge < -0.3 is 4.90 Å². The molecular weight excluding hydrogens is 340 g/mol. The van der Waals surface area contributed by atoms with Crippen LogP contribution in [0, 0.1) is 19.8 Å². The van der Waals surface area contributed by atoms with Crippen LogP contribution in [0.5, 0.6) is 0 Å². The molecule has 2 unspecified atom stereocenters. The number of nitrogens with zero attached hydrogens (tertiary/aromatic N) is 6. The summed E-state index contributed by atoms with van der Waals surface area (Å²) in [7, 11) is 0. The maximum atomic E-state index is 12.9. The molecule has 2 aromatic heterocycles. The van der Waals surface area contributed by atoms with Gasteiger partial charge >= 0.3 is 0 Å². The number of carbonyl (C=O) groups is 1. The van der Waals surface area contributed by atoms with Crippen LogP contribution in [0.15, 0.2) is 18.6 Å². The zero-order chi connectivity index (χ0) is 19.0. The van der Waals surface area contributed by atoms with Crippen molar-refractivity contribution in [2.24, 2.45) is 5.92 Å². The van der Waals surface area contributed by atoms with E-state index in [0.717, 1.165) is 44.8 Å². The van der Waals surface area contributed by atoms with Crippen molar-refractivity contribution in [2.75, 3.05) is 19.6 Å². The van der Waals surface area contributed by atoms with E-state index < -0.39 is 0 Å². The average Bonchev–Trinajstić information content (AvgIpc) is 2.88. The second kappa shape index (κ2) is 7.38. The summed E-state index contributed by atoms with van der Waals surface area (Å²) in [5.41, 5.74) is 4.18. The monoisotopic (exact) mass is 368 g/mol. The minimum absolute atomic E-state index is 0.00742. The summed E-state index contributed by atoms with van der Waals surface area (Å²) in [6, 6.07) is 0.396. The number of amides is 1. The molecule has 27 heavy (non-hydrogen) atoms. The highest BCUT2D eigenvalue weighted by atomic mass is 16.2. The predicted molar refractivity (Wildman–Crippen MR) is 102 cm³/mol. The zero-order valence-corrected chi connectivity index (χ0v) is 16.4. The minimum Gasteiger partial charge on any atom is -0.335 e. The lowest BCUT2D eigenvalue weighted by Gasteiger charge is -2.36. The van der Waals surface area contributed by atoms with Gasteiger partial charge in [0.2, 0.25) is 0 Å². The molecule has 0 saturated carbocycles. The number of hydrogen-bond donors (Lipinski definition) is 0. The second-order valence-corrected chi connectivity index (χ2v) is 7.79. The molecule has 3 aliphatic rings. The van der Waals surface area contributed by atoms with Crippen LogP contribution in [0.1, 0.15) is 47.2 Å². The van der Waals surface area contributed by atoms with E-state index in [1.807, 2.05) is 4.90 Å². The maximum absolute atomic E-state index is 12.9. The molecule has 5 rings (SSSR count). The highest BCUT2D eigenvalue weighted by Crippen LogP contribution is 2.30. The molecule has 2 atom stereocenters. The average molecular weight is 368 g/mol. The topological polar surface area (TPSA) is 67.2 Å². The molecule has 7 nitrogen and oxygen atoms in total. The fourth-order valence-electron chi connectivity index (χ4n) is 4.58. The summed E-state index contributed by atoms with van der Waals surface area (Å²) in [6.07, 6.45) is 7.10. The van der Waals surface area contributed by atoms with Crippen molar-refractivity contribution in [1.29, 1.82) is 0 Å². The van der Waals surface area contributed by atoms with Crippen molar-refractivity contribution in [3.8, 4) is 0 Å². The third-order valence-electron chi connectivity index (χ3n) is 6.09. The summed E-state index contributed by atoms with van der Waals surface area (Å²) in [4.78, 5) is 25.7. The van der Waals surface area contributed by atoms with Crippen molar-refractivity contribution in [2.45, 2.75) is 52.7 Å². The van der Waals surface area contributed by atoms with Gasteiger partial charge in [-0.05, 0) is 39.5 Å². The van der Waals surface area contributed by atoms with Crippen LogP contribution >= 0.6 is 0 Å². The smallest absolute Gasteiger partial charge is 0.274 e. The van der Waals surface area contributed by atoms with Gasteiger partial charge in [-0.1, -0.05) is 0 Å². The third kappa shape index (κ3) is 3.48. The van der Waals surface area contributed by atoms with Gasteiger partial charge in [0.05, 0.1) is 11.9 Å². The molecule has 0 N–H and O–H groups in total. The molecule has 0 aromatic carbocycles. The number of rotatable bonds is 4. The molecule has 3 fully saturated rings. The molecule has 3 aliphatic heterocycles. The van der Waals surface area contributed by atoms with Gasteiger partial charge in [-0.3, -0.25) is 19.4 Å². The van der Waals surface area contributed by atoms with Crippen molar-refractivity contribution >= 4 is 5.91 Å². The van der Waals surface area contributed by atoms with Crippen LogP contribution in [-0.2, 0) is 13.1 Å². The lowest BCUT2D eigenvalue weighted by Crippen LogP contribution is -2.44. The molecule has 7 heteroatoms. The third-order valence-corrected chi connectivity index (χ3v) is 6.09. The van der Waals surface area contributed by atoms with E-state index in [4.69, 9.17) is 0 Å². The van der Waals surface area contributed by atoms with Crippen LogP contribution in [0.3, 0.4) is 0 Å². The molecule has 2 bridgehead atoms. The Morgan fingerprint density at radius 1 is 1.19 bits per heavy atom. The molecule has 2 aromatic rings. The molecule has 144 valence electrons. The van der Waals surface area contributed by atoms with Gasteiger partial charge in [0.1, 0.15) is 5.69 Å². The van der Waals surface area contributed by atoms with Gasteiger partial charge in [0.25, 0.3) is 5.91 Å². The molecule has 0 radical (unpaired) electrons. The predicted octanol–water partition coefficient (Wildman–Crippen LogP) is 2.05. The summed E-state index contributed by atoms with van der Waals surface area (Å²) in [5.74, 6) is 0.527.